The fourth-order valence-electron chi connectivity index (χ4n) is 2.89. The standard InChI is InChI=1S/C15H10O2/c16-11-2-1-9-7-15(8-10(9)5-11)13-4-3-12(17)6-14(13)15/h1-6,16-17H,8H2. The van der Waals surface area contributed by atoms with Crippen molar-refractivity contribution in [3.63, 3.8) is 0 Å². The molecule has 82 valence electrons. The van der Waals surface area contributed by atoms with Gasteiger partial charge in [0.2, 0.25) is 0 Å². The molecule has 2 nitrogen and oxygen atoms in total. The minimum Gasteiger partial charge on any atom is -0.508 e. The van der Waals surface area contributed by atoms with Gasteiger partial charge in [0.25, 0.3) is 0 Å². The van der Waals surface area contributed by atoms with E-state index < -0.39 is 0 Å². The zero-order valence-electron chi connectivity index (χ0n) is 9.07. The van der Waals surface area contributed by atoms with E-state index in [-0.39, 0.29) is 5.41 Å². The van der Waals surface area contributed by atoms with Crippen LogP contribution in [0.5, 0.6) is 11.5 Å². The number of rotatable bonds is 0. The summed E-state index contributed by atoms with van der Waals surface area (Å²) >= 11 is 0. The highest BCUT2D eigenvalue weighted by Crippen LogP contribution is 2.59. The summed E-state index contributed by atoms with van der Waals surface area (Å²) < 4.78 is 0. The Hall–Kier alpha value is -1.96. The normalized spacial score (nSPS) is 23.5. The summed E-state index contributed by atoms with van der Waals surface area (Å²) in [5.74, 6) is 0.608. The van der Waals surface area contributed by atoms with Crippen LogP contribution in [-0.4, -0.2) is 10.2 Å². The molecule has 2 N–H and O–H groups in total. The van der Waals surface area contributed by atoms with Crippen molar-refractivity contribution >= 4 is 0 Å². The molecule has 1 atom stereocenters. The minimum absolute atomic E-state index is 0.128. The van der Waals surface area contributed by atoms with Crippen molar-refractivity contribution in [3.05, 3.63) is 65.1 Å². The Morgan fingerprint density at radius 2 is 1.71 bits per heavy atom. The van der Waals surface area contributed by atoms with E-state index in [1.165, 1.54) is 5.56 Å². The molecule has 0 aromatic heterocycles. The number of hydrogen-bond donors (Lipinski definition) is 2. The van der Waals surface area contributed by atoms with Crippen molar-refractivity contribution in [3.8, 4) is 11.5 Å². The summed E-state index contributed by atoms with van der Waals surface area (Å²) in [6, 6.07) is 10.9. The fourth-order valence-corrected chi connectivity index (χ4v) is 2.89. The summed E-state index contributed by atoms with van der Waals surface area (Å²) in [5, 5.41) is 19.0. The Balaban J connectivity index is 1.79. The maximum atomic E-state index is 9.48. The highest BCUT2D eigenvalue weighted by molar-refractivity contribution is 5.71. The Morgan fingerprint density at radius 1 is 0.941 bits per heavy atom. The van der Waals surface area contributed by atoms with Crippen molar-refractivity contribution in [2.24, 2.45) is 0 Å². The van der Waals surface area contributed by atoms with Crippen LogP contribution >= 0.6 is 0 Å². The Morgan fingerprint density at radius 3 is 2.53 bits per heavy atom. The number of benzene rings is 2. The van der Waals surface area contributed by atoms with E-state index in [0.29, 0.717) is 11.5 Å². The molecule has 0 fully saturated rings. The van der Waals surface area contributed by atoms with Crippen LogP contribution in [-0.2, 0) is 11.8 Å². The van der Waals surface area contributed by atoms with Crippen LogP contribution in [0.2, 0.25) is 0 Å². The molecule has 0 bridgehead atoms. The van der Waals surface area contributed by atoms with Gasteiger partial charge in [-0.25, -0.2) is 0 Å². The molecule has 17 heavy (non-hydrogen) atoms. The molecule has 1 spiro atoms. The number of phenols is 2. The Labute approximate surface area is 99.2 Å². The number of hydrogen-bond acceptors (Lipinski definition) is 2. The number of aromatic hydroxyl groups is 2. The predicted molar refractivity (Wildman–Crippen MR) is 63.0 cm³/mol. The first kappa shape index (κ1) is 9.11. The van der Waals surface area contributed by atoms with Crippen LogP contribution in [0, 0.1) is 6.42 Å². The first-order chi connectivity index (χ1) is 8.19. The van der Waals surface area contributed by atoms with Crippen LogP contribution in [0.1, 0.15) is 22.3 Å². The SMILES string of the molecule is Oc1ccc2c(c1)CC1([C]2)c2ccc(O)cc21. The second kappa shape index (κ2) is 2.65. The Kier molecular flexibility index (Phi) is 1.42. The van der Waals surface area contributed by atoms with E-state index in [1.54, 1.807) is 18.2 Å². The van der Waals surface area contributed by atoms with Gasteiger partial charge in [-0.15, -0.1) is 0 Å². The maximum Gasteiger partial charge on any atom is 0.115 e. The zero-order chi connectivity index (χ0) is 11.6. The quantitative estimate of drug-likeness (QED) is 0.718. The summed E-state index contributed by atoms with van der Waals surface area (Å²) in [5.41, 5.74) is 4.47. The molecule has 2 heteroatoms. The van der Waals surface area contributed by atoms with Crippen LogP contribution < -0.4 is 0 Å². The van der Waals surface area contributed by atoms with E-state index in [4.69, 9.17) is 0 Å². The van der Waals surface area contributed by atoms with E-state index in [1.807, 2.05) is 18.2 Å². The lowest BCUT2D eigenvalue weighted by molar-refractivity contribution is 0.474. The van der Waals surface area contributed by atoms with Gasteiger partial charge in [-0.2, -0.15) is 0 Å². The Bertz CT molecular complexity index is 645. The molecule has 2 aliphatic carbocycles. The van der Waals surface area contributed by atoms with Crippen LogP contribution in [0.15, 0.2) is 36.4 Å². The van der Waals surface area contributed by atoms with E-state index in [9.17, 15) is 10.2 Å². The lowest BCUT2D eigenvalue weighted by Gasteiger charge is -2.02. The smallest absolute Gasteiger partial charge is 0.115 e. The largest absolute Gasteiger partial charge is 0.508 e. The summed E-state index contributed by atoms with van der Waals surface area (Å²) in [6.07, 6.45) is 4.33. The molecule has 0 aliphatic heterocycles. The van der Waals surface area contributed by atoms with Gasteiger partial charge >= 0.3 is 0 Å². The van der Waals surface area contributed by atoms with Gasteiger partial charge in [0.1, 0.15) is 11.5 Å². The van der Waals surface area contributed by atoms with Gasteiger partial charge < -0.3 is 10.2 Å². The molecule has 2 aromatic rings. The summed E-state index contributed by atoms with van der Waals surface area (Å²) in [4.78, 5) is 0. The van der Waals surface area contributed by atoms with Crippen molar-refractivity contribution in [1.29, 1.82) is 0 Å². The molecule has 0 saturated heterocycles. The number of phenolic OH excluding ortho intramolecular Hbond substituents is 2. The van der Waals surface area contributed by atoms with Crippen molar-refractivity contribution in [2.75, 3.05) is 0 Å². The zero-order valence-corrected chi connectivity index (χ0v) is 9.07. The van der Waals surface area contributed by atoms with E-state index in [2.05, 4.69) is 6.42 Å². The van der Waals surface area contributed by atoms with Crippen molar-refractivity contribution < 1.29 is 10.2 Å². The maximum absolute atomic E-state index is 9.48. The van der Waals surface area contributed by atoms with E-state index >= 15 is 0 Å². The first-order valence-electron chi connectivity index (χ1n) is 5.63. The second-order valence-corrected chi connectivity index (χ2v) is 4.78. The topological polar surface area (TPSA) is 40.5 Å². The molecular weight excluding hydrogens is 212 g/mol. The van der Waals surface area contributed by atoms with Crippen molar-refractivity contribution in [2.45, 2.75) is 11.8 Å². The predicted octanol–water partition coefficient (Wildman–Crippen LogP) is 2.38. The first-order valence-corrected chi connectivity index (χ1v) is 5.63. The number of fused-ring (bicyclic) bond motifs is 4. The molecule has 1 unspecified atom stereocenters. The minimum atomic E-state index is -0.128. The van der Waals surface area contributed by atoms with Gasteiger partial charge in [0.15, 0.2) is 0 Å². The third kappa shape index (κ3) is 1.05. The second-order valence-electron chi connectivity index (χ2n) is 4.78. The van der Waals surface area contributed by atoms with Gasteiger partial charge in [-0.3, -0.25) is 0 Å². The van der Waals surface area contributed by atoms with Gasteiger partial charge in [0, 0.05) is 11.8 Å². The molecule has 2 radical (unpaired) electrons. The lowest BCUT2D eigenvalue weighted by atomic mass is 9.98. The van der Waals surface area contributed by atoms with Gasteiger partial charge in [-0.05, 0) is 52.9 Å². The average molecular weight is 222 g/mol. The van der Waals surface area contributed by atoms with Gasteiger partial charge in [-0.1, -0.05) is 12.1 Å². The third-order valence-corrected chi connectivity index (χ3v) is 3.75. The molecule has 0 saturated carbocycles. The molecular formula is C15H10O2. The van der Waals surface area contributed by atoms with Crippen molar-refractivity contribution in [1.82, 2.24) is 0 Å². The monoisotopic (exact) mass is 222 g/mol. The van der Waals surface area contributed by atoms with Crippen LogP contribution in [0.25, 0.3) is 0 Å². The summed E-state index contributed by atoms with van der Waals surface area (Å²) in [7, 11) is 0. The van der Waals surface area contributed by atoms with Crippen LogP contribution in [0.4, 0.5) is 0 Å². The lowest BCUT2D eigenvalue weighted by Crippen LogP contribution is -2.04. The summed E-state index contributed by atoms with van der Waals surface area (Å²) in [6.45, 7) is 0. The molecule has 4 rings (SSSR count). The average Bonchev–Trinajstić information content (AvgIpc) is 2.72. The van der Waals surface area contributed by atoms with Gasteiger partial charge in [0.05, 0.1) is 0 Å². The fraction of sp³-hybridized carbons (Fsp3) is 0.133. The molecule has 2 aromatic carbocycles. The highest BCUT2D eigenvalue weighted by Gasteiger charge is 2.54. The van der Waals surface area contributed by atoms with Crippen LogP contribution in [0.3, 0.4) is 0 Å². The third-order valence-electron chi connectivity index (χ3n) is 3.75. The molecule has 2 aliphatic rings. The molecule has 0 heterocycles. The molecule has 0 amide bonds. The van der Waals surface area contributed by atoms with E-state index in [0.717, 1.165) is 23.1 Å². The highest BCUT2D eigenvalue weighted by atomic mass is 16.3.